The molecule has 0 saturated carbocycles. The average molecular weight is 322 g/mol. The Morgan fingerprint density at radius 1 is 1.09 bits per heavy atom. The Labute approximate surface area is 136 Å². The van der Waals surface area contributed by atoms with Crippen LogP contribution >= 0.6 is 12.4 Å². The molecule has 0 bridgehead atoms. The number of hydrogen-bond acceptors (Lipinski definition) is 4. The van der Waals surface area contributed by atoms with E-state index in [0.717, 1.165) is 22.4 Å². The molecular weight excluding hydrogens is 302 g/mol. The second kappa shape index (κ2) is 8.41. The summed E-state index contributed by atoms with van der Waals surface area (Å²) in [4.78, 5) is 11.3. The minimum atomic E-state index is -0.627. The lowest BCUT2D eigenvalue weighted by Gasteiger charge is -2.10. The summed E-state index contributed by atoms with van der Waals surface area (Å²) in [6, 6.07) is 15.2. The van der Waals surface area contributed by atoms with Gasteiger partial charge in [-0.25, -0.2) is 0 Å². The van der Waals surface area contributed by atoms with E-state index >= 15 is 0 Å². The van der Waals surface area contributed by atoms with Gasteiger partial charge < -0.3 is 15.2 Å². The van der Waals surface area contributed by atoms with E-state index in [2.05, 4.69) is 4.74 Å². The molecule has 4 nitrogen and oxygen atoms in total. The average Bonchev–Trinajstić information content (AvgIpc) is 2.54. The number of ether oxygens (including phenoxy) is 2. The highest BCUT2D eigenvalue weighted by Gasteiger charge is 2.14. The third-order valence-electron chi connectivity index (χ3n) is 3.32. The van der Waals surface area contributed by atoms with Crippen LogP contribution in [0, 0.1) is 0 Å². The number of hydrogen-bond donors (Lipinski definition) is 1. The summed E-state index contributed by atoms with van der Waals surface area (Å²) in [5.41, 5.74) is 8.92. The monoisotopic (exact) mass is 321 g/mol. The summed E-state index contributed by atoms with van der Waals surface area (Å²) in [5.74, 6) is 0.427. The molecule has 0 saturated heterocycles. The van der Waals surface area contributed by atoms with E-state index < -0.39 is 12.0 Å². The van der Waals surface area contributed by atoms with E-state index in [1.807, 2.05) is 48.5 Å². The largest absolute Gasteiger partial charge is 0.497 e. The van der Waals surface area contributed by atoms with Crippen LogP contribution in [0.25, 0.3) is 11.1 Å². The molecule has 0 aliphatic carbocycles. The first kappa shape index (κ1) is 18.0. The van der Waals surface area contributed by atoms with Crippen LogP contribution < -0.4 is 10.5 Å². The molecular formula is C17H20ClNO3. The molecule has 1 atom stereocenters. The third kappa shape index (κ3) is 4.48. The molecule has 2 N–H and O–H groups in total. The number of carbonyl (C=O) groups is 1. The van der Waals surface area contributed by atoms with Gasteiger partial charge in [0.1, 0.15) is 11.8 Å². The maximum atomic E-state index is 11.3. The fourth-order valence-corrected chi connectivity index (χ4v) is 2.12. The molecule has 0 aromatic heterocycles. The Bertz CT molecular complexity index is 614. The molecule has 0 spiro atoms. The Balaban J connectivity index is 0.00000242. The summed E-state index contributed by atoms with van der Waals surface area (Å²) >= 11 is 0. The van der Waals surface area contributed by atoms with E-state index in [9.17, 15) is 4.79 Å². The maximum Gasteiger partial charge on any atom is 0.322 e. The molecule has 2 aromatic carbocycles. The molecule has 2 aromatic rings. The van der Waals surface area contributed by atoms with Crippen LogP contribution in [0.1, 0.15) is 5.56 Å². The first-order valence-corrected chi connectivity index (χ1v) is 6.71. The van der Waals surface area contributed by atoms with Gasteiger partial charge in [0.25, 0.3) is 0 Å². The van der Waals surface area contributed by atoms with Gasteiger partial charge in [0.2, 0.25) is 0 Å². The number of esters is 1. The lowest BCUT2D eigenvalue weighted by Crippen LogP contribution is -2.33. The first-order valence-electron chi connectivity index (χ1n) is 6.71. The summed E-state index contributed by atoms with van der Waals surface area (Å²) in [7, 11) is 2.99. The van der Waals surface area contributed by atoms with Gasteiger partial charge in [-0.15, -0.1) is 12.4 Å². The zero-order valence-electron chi connectivity index (χ0n) is 12.6. The van der Waals surface area contributed by atoms with E-state index in [1.165, 1.54) is 7.11 Å². The topological polar surface area (TPSA) is 61.5 Å². The lowest BCUT2D eigenvalue weighted by atomic mass is 10.0. The fraction of sp³-hybridized carbons (Fsp3) is 0.235. The Kier molecular flexibility index (Phi) is 6.89. The number of methoxy groups -OCH3 is 2. The number of rotatable bonds is 5. The van der Waals surface area contributed by atoms with Crippen LogP contribution in [0.3, 0.4) is 0 Å². The Morgan fingerprint density at radius 3 is 2.36 bits per heavy atom. The number of nitrogens with two attached hydrogens (primary N) is 1. The minimum absolute atomic E-state index is 0. The summed E-state index contributed by atoms with van der Waals surface area (Å²) in [6.45, 7) is 0. The highest BCUT2D eigenvalue weighted by molar-refractivity contribution is 5.85. The minimum Gasteiger partial charge on any atom is -0.497 e. The van der Waals surface area contributed by atoms with Gasteiger partial charge in [-0.3, -0.25) is 4.79 Å². The van der Waals surface area contributed by atoms with Crippen LogP contribution in [-0.4, -0.2) is 26.2 Å². The number of carbonyl (C=O) groups excluding carboxylic acids is 1. The molecule has 118 valence electrons. The summed E-state index contributed by atoms with van der Waals surface area (Å²) in [5, 5.41) is 0. The van der Waals surface area contributed by atoms with Gasteiger partial charge in [-0.05, 0) is 35.2 Å². The smallest absolute Gasteiger partial charge is 0.322 e. The van der Waals surface area contributed by atoms with Crippen molar-refractivity contribution in [2.24, 2.45) is 5.73 Å². The van der Waals surface area contributed by atoms with E-state index in [4.69, 9.17) is 10.5 Å². The predicted octanol–water partition coefficient (Wildman–Crippen LogP) is 2.83. The molecule has 0 fully saturated rings. The van der Waals surface area contributed by atoms with Gasteiger partial charge in [-0.2, -0.15) is 0 Å². The van der Waals surface area contributed by atoms with Gasteiger partial charge in [0, 0.05) is 0 Å². The standard InChI is InChI=1S/C17H19NO3.ClH/c1-20-15-5-3-4-14(11-15)13-8-6-12(7-9-13)10-16(18)17(19)21-2;/h3-9,11,16H,10,18H2,1-2H3;1H/t16-;/m0./s1. The number of benzene rings is 2. The van der Waals surface area contributed by atoms with Crippen LogP contribution in [-0.2, 0) is 16.0 Å². The zero-order chi connectivity index (χ0) is 15.2. The van der Waals surface area contributed by atoms with Crippen LogP contribution in [0.4, 0.5) is 0 Å². The molecule has 22 heavy (non-hydrogen) atoms. The van der Waals surface area contributed by atoms with Crippen LogP contribution in [0.15, 0.2) is 48.5 Å². The highest BCUT2D eigenvalue weighted by atomic mass is 35.5. The van der Waals surface area contributed by atoms with Crippen molar-refractivity contribution in [2.45, 2.75) is 12.5 Å². The van der Waals surface area contributed by atoms with Crippen LogP contribution in [0.2, 0.25) is 0 Å². The predicted molar refractivity (Wildman–Crippen MR) is 89.4 cm³/mol. The van der Waals surface area contributed by atoms with Crippen molar-refractivity contribution >= 4 is 18.4 Å². The van der Waals surface area contributed by atoms with Gasteiger partial charge in [-0.1, -0.05) is 36.4 Å². The van der Waals surface area contributed by atoms with Crippen molar-refractivity contribution in [3.8, 4) is 16.9 Å². The highest BCUT2D eigenvalue weighted by Crippen LogP contribution is 2.24. The van der Waals surface area contributed by atoms with Crippen molar-refractivity contribution in [2.75, 3.05) is 14.2 Å². The molecule has 5 heteroatoms. The normalized spacial score (nSPS) is 11.2. The Morgan fingerprint density at radius 2 is 1.77 bits per heavy atom. The summed E-state index contributed by atoms with van der Waals surface area (Å²) in [6.07, 6.45) is 0.463. The summed E-state index contributed by atoms with van der Waals surface area (Å²) < 4.78 is 9.85. The molecule has 0 radical (unpaired) electrons. The molecule has 2 rings (SSSR count). The molecule has 0 heterocycles. The van der Waals surface area contributed by atoms with E-state index in [0.29, 0.717) is 6.42 Å². The fourth-order valence-electron chi connectivity index (χ4n) is 2.12. The molecule has 0 aliphatic rings. The first-order chi connectivity index (χ1) is 10.1. The lowest BCUT2D eigenvalue weighted by molar-refractivity contribution is -0.142. The van der Waals surface area contributed by atoms with Gasteiger partial charge in [0.05, 0.1) is 14.2 Å². The number of halogens is 1. The Hall–Kier alpha value is -2.04. The second-order valence-corrected chi connectivity index (χ2v) is 4.76. The van der Waals surface area contributed by atoms with Crippen molar-refractivity contribution < 1.29 is 14.3 Å². The quantitative estimate of drug-likeness (QED) is 0.860. The van der Waals surface area contributed by atoms with E-state index in [1.54, 1.807) is 7.11 Å². The third-order valence-corrected chi connectivity index (χ3v) is 3.32. The van der Waals surface area contributed by atoms with Crippen molar-refractivity contribution in [3.05, 3.63) is 54.1 Å². The molecule has 0 aliphatic heterocycles. The van der Waals surface area contributed by atoms with Gasteiger partial charge in [0.15, 0.2) is 0 Å². The van der Waals surface area contributed by atoms with Crippen molar-refractivity contribution in [3.63, 3.8) is 0 Å². The van der Waals surface area contributed by atoms with E-state index in [-0.39, 0.29) is 12.4 Å². The van der Waals surface area contributed by atoms with Crippen LogP contribution in [0.5, 0.6) is 5.75 Å². The van der Waals surface area contributed by atoms with Crippen molar-refractivity contribution in [1.82, 2.24) is 0 Å². The zero-order valence-corrected chi connectivity index (χ0v) is 13.4. The SMILES string of the molecule is COC(=O)[C@@H](N)Cc1ccc(-c2cccc(OC)c2)cc1.Cl. The van der Waals surface area contributed by atoms with Crippen molar-refractivity contribution in [1.29, 1.82) is 0 Å². The second-order valence-electron chi connectivity index (χ2n) is 4.76. The maximum absolute atomic E-state index is 11.3. The van der Waals surface area contributed by atoms with Gasteiger partial charge >= 0.3 is 5.97 Å². The molecule has 0 unspecified atom stereocenters. The molecule has 0 amide bonds.